The molecule has 6 heteroatoms. The molecule has 0 saturated carbocycles. The van der Waals surface area contributed by atoms with Gasteiger partial charge in [-0.15, -0.1) is 0 Å². The number of amides is 1. The van der Waals surface area contributed by atoms with Crippen molar-refractivity contribution in [1.29, 1.82) is 0 Å². The third kappa shape index (κ3) is 3.35. The molecular formula is C13H18N2O4. The summed E-state index contributed by atoms with van der Waals surface area (Å²) in [6, 6.07) is 1.42. The average Bonchev–Trinajstić information content (AvgIpc) is 2.98. The number of hydrogen-bond acceptors (Lipinski definition) is 4. The molecule has 104 valence electrons. The van der Waals surface area contributed by atoms with Crippen molar-refractivity contribution < 1.29 is 19.1 Å². The first-order valence-electron chi connectivity index (χ1n) is 6.34. The summed E-state index contributed by atoms with van der Waals surface area (Å²) in [6.45, 7) is 2.25. The van der Waals surface area contributed by atoms with Gasteiger partial charge in [0.2, 0.25) is 5.91 Å². The van der Waals surface area contributed by atoms with Crippen molar-refractivity contribution in [3.05, 3.63) is 23.7 Å². The minimum Gasteiger partial charge on any atom is -0.478 e. The van der Waals surface area contributed by atoms with Crippen LogP contribution in [0.1, 0.15) is 29.0 Å². The third-order valence-electron chi connectivity index (χ3n) is 3.25. The van der Waals surface area contributed by atoms with E-state index in [9.17, 15) is 9.59 Å². The summed E-state index contributed by atoms with van der Waals surface area (Å²) in [5.41, 5.74) is 0.153. The molecule has 0 spiro atoms. The molecule has 1 amide bonds. The van der Waals surface area contributed by atoms with Crippen LogP contribution in [-0.4, -0.2) is 53.5 Å². The zero-order valence-corrected chi connectivity index (χ0v) is 11.0. The highest BCUT2D eigenvalue weighted by Crippen LogP contribution is 2.13. The first kappa shape index (κ1) is 13.6. The van der Waals surface area contributed by atoms with Gasteiger partial charge in [-0.05, 0) is 26.0 Å². The molecule has 2 heterocycles. The Bertz CT molecular complexity index is 463. The summed E-state index contributed by atoms with van der Waals surface area (Å²) < 4.78 is 5.16. The Kier molecular flexibility index (Phi) is 4.21. The van der Waals surface area contributed by atoms with E-state index in [1.165, 1.54) is 12.3 Å². The van der Waals surface area contributed by atoms with Crippen molar-refractivity contribution in [3.8, 4) is 0 Å². The van der Waals surface area contributed by atoms with Gasteiger partial charge in [-0.25, -0.2) is 4.79 Å². The summed E-state index contributed by atoms with van der Waals surface area (Å²) >= 11 is 0. The van der Waals surface area contributed by atoms with Crippen LogP contribution in [-0.2, 0) is 11.3 Å². The molecule has 1 aliphatic heterocycles. The van der Waals surface area contributed by atoms with E-state index in [-0.39, 0.29) is 18.0 Å². The highest BCUT2D eigenvalue weighted by Gasteiger charge is 2.21. The molecular weight excluding hydrogens is 248 g/mol. The van der Waals surface area contributed by atoms with Crippen LogP contribution in [0.4, 0.5) is 0 Å². The summed E-state index contributed by atoms with van der Waals surface area (Å²) in [5, 5.41) is 8.97. The Hall–Kier alpha value is -1.82. The largest absolute Gasteiger partial charge is 0.478 e. The van der Waals surface area contributed by atoms with E-state index < -0.39 is 5.97 Å². The maximum absolute atomic E-state index is 11.9. The lowest BCUT2D eigenvalue weighted by molar-refractivity contribution is -0.131. The van der Waals surface area contributed by atoms with E-state index in [4.69, 9.17) is 9.52 Å². The van der Waals surface area contributed by atoms with Crippen LogP contribution in [0.5, 0.6) is 0 Å². The standard InChI is InChI=1S/C13H18N2O4/c1-14(9-12(16)15-5-2-3-6-15)8-11-10(13(17)18)4-7-19-11/h4,7H,2-3,5-6,8-9H2,1H3,(H,17,18). The van der Waals surface area contributed by atoms with Crippen molar-refractivity contribution in [2.45, 2.75) is 19.4 Å². The van der Waals surface area contributed by atoms with Crippen LogP contribution in [0.2, 0.25) is 0 Å². The second kappa shape index (κ2) is 5.88. The third-order valence-corrected chi connectivity index (χ3v) is 3.25. The minimum atomic E-state index is -1.01. The van der Waals surface area contributed by atoms with Crippen LogP contribution < -0.4 is 0 Å². The summed E-state index contributed by atoms with van der Waals surface area (Å²) in [7, 11) is 1.78. The molecule has 0 aliphatic carbocycles. The van der Waals surface area contributed by atoms with Gasteiger partial charge < -0.3 is 14.4 Å². The Morgan fingerprint density at radius 1 is 1.42 bits per heavy atom. The molecule has 0 bridgehead atoms. The fraction of sp³-hybridized carbons (Fsp3) is 0.538. The highest BCUT2D eigenvalue weighted by atomic mass is 16.4. The molecule has 19 heavy (non-hydrogen) atoms. The molecule has 2 rings (SSSR count). The van der Waals surface area contributed by atoms with Gasteiger partial charge in [0.1, 0.15) is 11.3 Å². The van der Waals surface area contributed by atoms with E-state index in [1.807, 2.05) is 4.90 Å². The van der Waals surface area contributed by atoms with E-state index in [0.29, 0.717) is 12.3 Å². The van der Waals surface area contributed by atoms with Gasteiger partial charge in [-0.2, -0.15) is 0 Å². The van der Waals surface area contributed by atoms with Crippen molar-refractivity contribution >= 4 is 11.9 Å². The predicted molar refractivity (Wildman–Crippen MR) is 67.8 cm³/mol. The number of hydrogen-bond donors (Lipinski definition) is 1. The molecule has 0 atom stereocenters. The van der Waals surface area contributed by atoms with Gasteiger partial charge in [0.25, 0.3) is 0 Å². The summed E-state index contributed by atoms with van der Waals surface area (Å²) in [5.74, 6) is -0.546. The number of furan rings is 1. The van der Waals surface area contributed by atoms with Crippen molar-refractivity contribution in [1.82, 2.24) is 9.80 Å². The lowest BCUT2D eigenvalue weighted by Crippen LogP contribution is -2.37. The second-order valence-corrected chi connectivity index (χ2v) is 4.82. The van der Waals surface area contributed by atoms with Crippen LogP contribution >= 0.6 is 0 Å². The van der Waals surface area contributed by atoms with Crippen LogP contribution in [0.15, 0.2) is 16.7 Å². The zero-order valence-electron chi connectivity index (χ0n) is 11.0. The van der Waals surface area contributed by atoms with Crippen molar-refractivity contribution in [2.24, 2.45) is 0 Å². The van der Waals surface area contributed by atoms with Gasteiger partial charge in [-0.3, -0.25) is 9.69 Å². The lowest BCUT2D eigenvalue weighted by atomic mass is 10.2. The van der Waals surface area contributed by atoms with Gasteiger partial charge in [-0.1, -0.05) is 0 Å². The smallest absolute Gasteiger partial charge is 0.339 e. The van der Waals surface area contributed by atoms with Crippen LogP contribution in [0.3, 0.4) is 0 Å². The van der Waals surface area contributed by atoms with E-state index >= 15 is 0 Å². The number of likely N-dealkylation sites (tertiary alicyclic amines) is 1. The number of carbonyl (C=O) groups is 2. The van der Waals surface area contributed by atoms with Crippen LogP contribution in [0.25, 0.3) is 0 Å². The molecule has 1 aromatic rings. The molecule has 6 nitrogen and oxygen atoms in total. The number of carboxylic acids is 1. The minimum absolute atomic E-state index is 0.0865. The fourth-order valence-electron chi connectivity index (χ4n) is 2.25. The van der Waals surface area contributed by atoms with Gasteiger partial charge >= 0.3 is 5.97 Å². The van der Waals surface area contributed by atoms with E-state index in [2.05, 4.69) is 0 Å². The number of aromatic carboxylic acids is 1. The SMILES string of the molecule is CN(CC(=O)N1CCCC1)Cc1occc1C(=O)O. The summed E-state index contributed by atoms with van der Waals surface area (Å²) in [4.78, 5) is 26.5. The van der Waals surface area contributed by atoms with Gasteiger partial charge in [0.05, 0.1) is 19.4 Å². The maximum atomic E-state index is 11.9. The second-order valence-electron chi connectivity index (χ2n) is 4.82. The monoisotopic (exact) mass is 266 g/mol. The maximum Gasteiger partial charge on any atom is 0.339 e. The number of nitrogens with zero attached hydrogens (tertiary/aromatic N) is 2. The molecule has 0 unspecified atom stereocenters. The first-order valence-corrected chi connectivity index (χ1v) is 6.34. The Morgan fingerprint density at radius 3 is 2.74 bits per heavy atom. The predicted octanol–water partition coefficient (Wildman–Crippen LogP) is 1.03. The van der Waals surface area contributed by atoms with E-state index in [0.717, 1.165) is 25.9 Å². The normalized spacial score (nSPS) is 15.2. The summed E-state index contributed by atoms with van der Waals surface area (Å²) in [6.07, 6.45) is 3.49. The van der Waals surface area contributed by atoms with Crippen molar-refractivity contribution in [2.75, 3.05) is 26.7 Å². The van der Waals surface area contributed by atoms with E-state index in [1.54, 1.807) is 11.9 Å². The highest BCUT2D eigenvalue weighted by molar-refractivity contribution is 5.88. The molecule has 1 saturated heterocycles. The first-order chi connectivity index (χ1) is 9.08. The zero-order chi connectivity index (χ0) is 13.8. The number of carboxylic acid groups (broad SMARTS) is 1. The Balaban J connectivity index is 1.90. The molecule has 1 fully saturated rings. The fourth-order valence-corrected chi connectivity index (χ4v) is 2.25. The molecule has 1 aromatic heterocycles. The average molecular weight is 266 g/mol. The van der Waals surface area contributed by atoms with Gasteiger partial charge in [0, 0.05) is 13.1 Å². The van der Waals surface area contributed by atoms with Crippen molar-refractivity contribution in [3.63, 3.8) is 0 Å². The molecule has 1 aliphatic rings. The Labute approximate surface area is 111 Å². The molecule has 0 aromatic carbocycles. The topological polar surface area (TPSA) is 74.0 Å². The Morgan fingerprint density at radius 2 is 2.11 bits per heavy atom. The lowest BCUT2D eigenvalue weighted by Gasteiger charge is -2.20. The number of carbonyl (C=O) groups excluding carboxylic acids is 1. The number of rotatable bonds is 5. The molecule has 0 radical (unpaired) electrons. The van der Waals surface area contributed by atoms with Gasteiger partial charge in [0.15, 0.2) is 0 Å². The van der Waals surface area contributed by atoms with Crippen LogP contribution in [0, 0.1) is 0 Å². The quantitative estimate of drug-likeness (QED) is 0.861. The number of likely N-dealkylation sites (N-methyl/N-ethyl adjacent to an activating group) is 1. The molecule has 1 N–H and O–H groups in total.